The molecule has 3 rings (SSSR count). The fraction of sp³-hybridized carbons (Fsp3) is 0. The molecular weight excluding hydrogens is 271 g/mol. The molecule has 0 saturated carbocycles. The van der Waals surface area contributed by atoms with Gasteiger partial charge in [-0.1, -0.05) is 6.07 Å². The van der Waals surface area contributed by atoms with E-state index in [2.05, 4.69) is 20.5 Å². The van der Waals surface area contributed by atoms with Crippen LogP contribution in [0.25, 0.3) is 11.3 Å². The molecule has 104 valence electrons. The van der Waals surface area contributed by atoms with E-state index < -0.39 is 0 Å². The standard InChI is InChI=1S/C15H11FN4O/c16-11-6-4-10(5-7-11)14-13(9-18-20-14)19-15(21)12-3-1-2-8-17-12/h1-9H,(H,18,20)(H,19,21). The summed E-state index contributed by atoms with van der Waals surface area (Å²) in [6.45, 7) is 0. The third kappa shape index (κ3) is 2.79. The number of aromatic amines is 1. The second-order valence-corrected chi connectivity index (χ2v) is 4.33. The highest BCUT2D eigenvalue weighted by molar-refractivity contribution is 6.04. The molecule has 2 aromatic heterocycles. The summed E-state index contributed by atoms with van der Waals surface area (Å²) in [5.74, 6) is -0.655. The number of halogens is 1. The van der Waals surface area contributed by atoms with Crippen molar-refractivity contribution in [2.24, 2.45) is 0 Å². The van der Waals surface area contributed by atoms with Crippen molar-refractivity contribution in [3.63, 3.8) is 0 Å². The first-order chi connectivity index (χ1) is 10.2. The lowest BCUT2D eigenvalue weighted by Crippen LogP contribution is -2.13. The Morgan fingerprint density at radius 1 is 1.14 bits per heavy atom. The summed E-state index contributed by atoms with van der Waals surface area (Å²) in [7, 11) is 0. The highest BCUT2D eigenvalue weighted by Crippen LogP contribution is 2.25. The van der Waals surface area contributed by atoms with E-state index in [0.717, 1.165) is 5.56 Å². The van der Waals surface area contributed by atoms with Crippen LogP contribution in [0.5, 0.6) is 0 Å². The lowest BCUT2D eigenvalue weighted by molar-refractivity contribution is 0.102. The Morgan fingerprint density at radius 3 is 2.67 bits per heavy atom. The number of hydrogen-bond acceptors (Lipinski definition) is 3. The number of hydrogen-bond donors (Lipinski definition) is 2. The molecule has 1 amide bonds. The summed E-state index contributed by atoms with van der Waals surface area (Å²) in [6, 6.07) is 11.0. The number of rotatable bonds is 3. The Hall–Kier alpha value is -3.02. The molecule has 21 heavy (non-hydrogen) atoms. The topological polar surface area (TPSA) is 70.7 Å². The molecule has 0 atom stereocenters. The number of aromatic nitrogens is 3. The minimum Gasteiger partial charge on any atom is -0.317 e. The SMILES string of the molecule is O=C(Nc1cn[nH]c1-c1ccc(F)cc1)c1ccccn1. The zero-order chi connectivity index (χ0) is 14.7. The Kier molecular flexibility index (Phi) is 3.42. The average molecular weight is 282 g/mol. The second-order valence-electron chi connectivity index (χ2n) is 4.33. The van der Waals surface area contributed by atoms with E-state index in [1.807, 2.05) is 0 Å². The lowest BCUT2D eigenvalue weighted by atomic mass is 10.1. The monoisotopic (exact) mass is 282 g/mol. The minimum absolute atomic E-state index is 0.309. The van der Waals surface area contributed by atoms with Crippen molar-refractivity contribution in [3.05, 3.63) is 66.4 Å². The van der Waals surface area contributed by atoms with Gasteiger partial charge in [-0.15, -0.1) is 0 Å². The predicted molar refractivity (Wildman–Crippen MR) is 76.2 cm³/mol. The summed E-state index contributed by atoms with van der Waals surface area (Å²) in [6.07, 6.45) is 3.05. The molecule has 0 saturated heterocycles. The van der Waals surface area contributed by atoms with Crippen LogP contribution in [0.2, 0.25) is 0 Å². The van der Waals surface area contributed by atoms with Gasteiger partial charge in [-0.2, -0.15) is 5.10 Å². The van der Waals surface area contributed by atoms with Gasteiger partial charge in [0.2, 0.25) is 0 Å². The number of benzene rings is 1. The largest absolute Gasteiger partial charge is 0.317 e. The molecule has 0 radical (unpaired) electrons. The molecule has 0 fully saturated rings. The number of nitrogens with zero attached hydrogens (tertiary/aromatic N) is 2. The van der Waals surface area contributed by atoms with Crippen molar-refractivity contribution in [1.29, 1.82) is 0 Å². The summed E-state index contributed by atoms with van der Waals surface area (Å²) in [5, 5.41) is 9.44. The molecule has 0 aliphatic carbocycles. The van der Waals surface area contributed by atoms with Crippen molar-refractivity contribution >= 4 is 11.6 Å². The fourth-order valence-corrected chi connectivity index (χ4v) is 1.90. The summed E-state index contributed by atoms with van der Waals surface area (Å²) in [4.78, 5) is 16.1. The van der Waals surface area contributed by atoms with Crippen LogP contribution in [-0.4, -0.2) is 21.1 Å². The highest BCUT2D eigenvalue weighted by Gasteiger charge is 2.12. The third-order valence-corrected chi connectivity index (χ3v) is 2.92. The lowest BCUT2D eigenvalue weighted by Gasteiger charge is -2.05. The molecule has 0 aliphatic heterocycles. The van der Waals surface area contributed by atoms with Crippen LogP contribution in [0.4, 0.5) is 10.1 Å². The first-order valence-electron chi connectivity index (χ1n) is 6.26. The second kappa shape index (κ2) is 5.54. The van der Waals surface area contributed by atoms with Crippen LogP contribution < -0.4 is 5.32 Å². The van der Waals surface area contributed by atoms with E-state index in [4.69, 9.17) is 0 Å². The smallest absolute Gasteiger partial charge is 0.274 e. The Labute approximate surface area is 119 Å². The van der Waals surface area contributed by atoms with Crippen LogP contribution in [0.3, 0.4) is 0 Å². The van der Waals surface area contributed by atoms with Gasteiger partial charge in [0.1, 0.15) is 11.5 Å². The van der Waals surface area contributed by atoms with E-state index in [1.54, 1.807) is 36.5 Å². The van der Waals surface area contributed by atoms with Crippen LogP contribution >= 0.6 is 0 Å². The van der Waals surface area contributed by atoms with Crippen molar-refractivity contribution in [1.82, 2.24) is 15.2 Å². The molecule has 5 nitrogen and oxygen atoms in total. The average Bonchev–Trinajstić information content (AvgIpc) is 2.97. The van der Waals surface area contributed by atoms with E-state index in [-0.39, 0.29) is 11.7 Å². The van der Waals surface area contributed by atoms with Gasteiger partial charge in [-0.3, -0.25) is 14.9 Å². The van der Waals surface area contributed by atoms with Crippen molar-refractivity contribution in [2.45, 2.75) is 0 Å². The van der Waals surface area contributed by atoms with E-state index in [9.17, 15) is 9.18 Å². The predicted octanol–water partition coefficient (Wildman–Crippen LogP) is 2.86. The van der Waals surface area contributed by atoms with Gasteiger partial charge in [0.25, 0.3) is 5.91 Å². The maximum absolute atomic E-state index is 13.0. The summed E-state index contributed by atoms with van der Waals surface area (Å²) < 4.78 is 13.0. The van der Waals surface area contributed by atoms with Crippen molar-refractivity contribution in [2.75, 3.05) is 5.32 Å². The van der Waals surface area contributed by atoms with Crippen LogP contribution in [0.1, 0.15) is 10.5 Å². The van der Waals surface area contributed by atoms with Gasteiger partial charge in [0, 0.05) is 11.8 Å². The third-order valence-electron chi connectivity index (χ3n) is 2.92. The molecule has 2 heterocycles. The molecule has 6 heteroatoms. The normalized spacial score (nSPS) is 10.3. The van der Waals surface area contributed by atoms with Crippen LogP contribution in [-0.2, 0) is 0 Å². The van der Waals surface area contributed by atoms with Gasteiger partial charge in [0.05, 0.1) is 17.6 Å². The molecular formula is C15H11FN4O. The summed E-state index contributed by atoms with van der Waals surface area (Å²) >= 11 is 0. The number of carbonyl (C=O) groups is 1. The summed E-state index contributed by atoms with van der Waals surface area (Å²) in [5.41, 5.74) is 2.16. The first-order valence-corrected chi connectivity index (χ1v) is 6.26. The number of anilines is 1. The molecule has 3 aromatic rings. The molecule has 2 N–H and O–H groups in total. The van der Waals surface area contributed by atoms with Gasteiger partial charge < -0.3 is 5.32 Å². The van der Waals surface area contributed by atoms with Crippen LogP contribution in [0.15, 0.2) is 54.9 Å². The van der Waals surface area contributed by atoms with E-state index >= 15 is 0 Å². The van der Waals surface area contributed by atoms with Crippen molar-refractivity contribution in [3.8, 4) is 11.3 Å². The number of carbonyl (C=O) groups excluding carboxylic acids is 1. The number of amides is 1. The van der Waals surface area contributed by atoms with Gasteiger partial charge in [0.15, 0.2) is 0 Å². The Bertz CT molecular complexity index is 753. The molecule has 0 unspecified atom stereocenters. The quantitative estimate of drug-likeness (QED) is 0.776. The number of nitrogens with one attached hydrogen (secondary N) is 2. The molecule has 0 aliphatic rings. The fourth-order valence-electron chi connectivity index (χ4n) is 1.90. The number of pyridine rings is 1. The van der Waals surface area contributed by atoms with Crippen molar-refractivity contribution < 1.29 is 9.18 Å². The maximum atomic E-state index is 13.0. The minimum atomic E-state index is -0.333. The molecule has 0 spiro atoms. The zero-order valence-corrected chi connectivity index (χ0v) is 10.9. The first kappa shape index (κ1) is 13.0. The van der Waals surface area contributed by atoms with Gasteiger partial charge in [-0.25, -0.2) is 4.39 Å². The Balaban J connectivity index is 1.86. The molecule has 1 aromatic carbocycles. The van der Waals surface area contributed by atoms with Crippen LogP contribution in [0, 0.1) is 5.82 Å². The van der Waals surface area contributed by atoms with Gasteiger partial charge >= 0.3 is 0 Å². The number of H-pyrrole nitrogens is 1. The maximum Gasteiger partial charge on any atom is 0.274 e. The van der Waals surface area contributed by atoms with E-state index in [0.29, 0.717) is 17.1 Å². The van der Waals surface area contributed by atoms with Gasteiger partial charge in [-0.05, 0) is 36.4 Å². The highest BCUT2D eigenvalue weighted by atomic mass is 19.1. The zero-order valence-electron chi connectivity index (χ0n) is 10.9. The Morgan fingerprint density at radius 2 is 1.95 bits per heavy atom. The van der Waals surface area contributed by atoms with E-state index in [1.165, 1.54) is 18.3 Å². The molecule has 0 bridgehead atoms.